The molecule has 1 amide bonds. The number of aliphatic carboxylic acids is 1. The molecular weight excluding hydrogens is 260 g/mol. The Hall–Kier alpha value is -2.08. The standard InChI is InChI=1S/C14H20N2O4/c1-9(2)10(15)7-13(17)16-11-5-3-4-6-12(11)20-8-14(18)19/h3-6,9-10H,7-8,15H2,1-2H3,(H,16,17)(H,18,19). The number of hydrogen-bond acceptors (Lipinski definition) is 4. The van der Waals surface area contributed by atoms with Gasteiger partial charge in [0, 0.05) is 12.5 Å². The van der Waals surface area contributed by atoms with Crippen LogP contribution in [0.2, 0.25) is 0 Å². The van der Waals surface area contributed by atoms with Gasteiger partial charge in [0.05, 0.1) is 5.69 Å². The van der Waals surface area contributed by atoms with Gasteiger partial charge in [-0.3, -0.25) is 4.79 Å². The first-order valence-corrected chi connectivity index (χ1v) is 6.39. The van der Waals surface area contributed by atoms with Crippen LogP contribution in [0.4, 0.5) is 5.69 Å². The minimum Gasteiger partial charge on any atom is -0.480 e. The van der Waals surface area contributed by atoms with Gasteiger partial charge in [-0.05, 0) is 18.1 Å². The van der Waals surface area contributed by atoms with E-state index in [0.29, 0.717) is 11.4 Å². The molecule has 1 aromatic carbocycles. The molecule has 0 saturated heterocycles. The number of carboxylic acids is 1. The van der Waals surface area contributed by atoms with Gasteiger partial charge < -0.3 is 20.9 Å². The maximum absolute atomic E-state index is 11.9. The van der Waals surface area contributed by atoms with E-state index in [1.165, 1.54) is 0 Å². The molecular formula is C14H20N2O4. The van der Waals surface area contributed by atoms with Gasteiger partial charge in [-0.15, -0.1) is 0 Å². The van der Waals surface area contributed by atoms with Gasteiger partial charge in [0.2, 0.25) is 5.91 Å². The second-order valence-corrected chi connectivity index (χ2v) is 4.84. The third-order valence-corrected chi connectivity index (χ3v) is 2.79. The van der Waals surface area contributed by atoms with Gasteiger partial charge in [0.1, 0.15) is 5.75 Å². The molecule has 6 nitrogen and oxygen atoms in total. The number of anilines is 1. The largest absolute Gasteiger partial charge is 0.480 e. The summed E-state index contributed by atoms with van der Waals surface area (Å²) in [5, 5.41) is 11.3. The lowest BCUT2D eigenvalue weighted by Gasteiger charge is -2.16. The van der Waals surface area contributed by atoms with Crippen LogP contribution >= 0.6 is 0 Å². The molecule has 6 heteroatoms. The van der Waals surface area contributed by atoms with Gasteiger partial charge in [-0.1, -0.05) is 26.0 Å². The number of carbonyl (C=O) groups excluding carboxylic acids is 1. The molecule has 110 valence electrons. The van der Waals surface area contributed by atoms with E-state index in [2.05, 4.69) is 5.32 Å². The molecule has 0 bridgehead atoms. The zero-order valence-corrected chi connectivity index (χ0v) is 11.6. The molecule has 0 aliphatic carbocycles. The Morgan fingerprint density at radius 3 is 2.60 bits per heavy atom. The Morgan fingerprint density at radius 1 is 1.35 bits per heavy atom. The fourth-order valence-corrected chi connectivity index (χ4v) is 1.49. The SMILES string of the molecule is CC(C)C(N)CC(=O)Nc1ccccc1OCC(=O)O. The zero-order valence-electron chi connectivity index (χ0n) is 11.6. The molecule has 0 aliphatic rings. The van der Waals surface area contributed by atoms with Gasteiger partial charge in [-0.2, -0.15) is 0 Å². The van der Waals surface area contributed by atoms with E-state index in [-0.39, 0.29) is 24.3 Å². The molecule has 1 atom stereocenters. The summed E-state index contributed by atoms with van der Waals surface area (Å²) < 4.78 is 5.11. The van der Waals surface area contributed by atoms with Crippen molar-refractivity contribution in [1.29, 1.82) is 0 Å². The van der Waals surface area contributed by atoms with Crippen molar-refractivity contribution in [3.63, 3.8) is 0 Å². The maximum Gasteiger partial charge on any atom is 0.341 e. The van der Waals surface area contributed by atoms with Crippen LogP contribution in [-0.4, -0.2) is 29.6 Å². The van der Waals surface area contributed by atoms with E-state index in [4.69, 9.17) is 15.6 Å². The highest BCUT2D eigenvalue weighted by atomic mass is 16.5. The number of hydrogen-bond donors (Lipinski definition) is 3. The number of carbonyl (C=O) groups is 2. The summed E-state index contributed by atoms with van der Waals surface area (Å²) in [6.07, 6.45) is 0.199. The van der Waals surface area contributed by atoms with Crippen molar-refractivity contribution >= 4 is 17.6 Å². The van der Waals surface area contributed by atoms with Crippen molar-refractivity contribution in [1.82, 2.24) is 0 Å². The van der Waals surface area contributed by atoms with Crippen LogP contribution in [0.15, 0.2) is 24.3 Å². The highest BCUT2D eigenvalue weighted by Crippen LogP contribution is 2.24. The summed E-state index contributed by atoms with van der Waals surface area (Å²) in [6.45, 7) is 3.43. The highest BCUT2D eigenvalue weighted by Gasteiger charge is 2.14. The Balaban J connectivity index is 2.67. The fourth-order valence-electron chi connectivity index (χ4n) is 1.49. The summed E-state index contributed by atoms with van der Waals surface area (Å²) in [6, 6.07) is 6.46. The molecule has 1 rings (SSSR count). The molecule has 0 aliphatic heterocycles. The van der Waals surface area contributed by atoms with Gasteiger partial charge in [0.15, 0.2) is 6.61 Å². The van der Waals surface area contributed by atoms with Crippen LogP contribution in [-0.2, 0) is 9.59 Å². The average Bonchev–Trinajstić information content (AvgIpc) is 2.37. The Bertz CT molecular complexity index is 474. The van der Waals surface area contributed by atoms with Gasteiger partial charge in [0.25, 0.3) is 0 Å². The normalized spacial score (nSPS) is 12.0. The maximum atomic E-state index is 11.9. The van der Waals surface area contributed by atoms with Crippen LogP contribution in [0.3, 0.4) is 0 Å². The lowest BCUT2D eigenvalue weighted by Crippen LogP contribution is -2.31. The molecule has 0 aromatic heterocycles. The molecule has 0 radical (unpaired) electrons. The fraction of sp³-hybridized carbons (Fsp3) is 0.429. The van der Waals surface area contributed by atoms with Crippen molar-refractivity contribution in [2.24, 2.45) is 11.7 Å². The summed E-state index contributed by atoms with van der Waals surface area (Å²) >= 11 is 0. The molecule has 0 saturated carbocycles. The molecule has 20 heavy (non-hydrogen) atoms. The van der Waals surface area contributed by atoms with Crippen molar-refractivity contribution in [2.45, 2.75) is 26.3 Å². The predicted molar refractivity (Wildman–Crippen MR) is 75.6 cm³/mol. The number of ether oxygens (including phenoxy) is 1. The van der Waals surface area contributed by atoms with Crippen molar-refractivity contribution in [3.8, 4) is 5.75 Å². The molecule has 4 N–H and O–H groups in total. The first-order chi connectivity index (χ1) is 9.40. The van der Waals surface area contributed by atoms with Crippen molar-refractivity contribution in [2.75, 3.05) is 11.9 Å². The third-order valence-electron chi connectivity index (χ3n) is 2.79. The van der Waals surface area contributed by atoms with Crippen molar-refractivity contribution in [3.05, 3.63) is 24.3 Å². The lowest BCUT2D eigenvalue weighted by atomic mass is 10.0. The minimum atomic E-state index is -1.08. The first kappa shape index (κ1) is 16.0. The van der Waals surface area contributed by atoms with E-state index in [1.54, 1.807) is 24.3 Å². The van der Waals surface area contributed by atoms with E-state index >= 15 is 0 Å². The van der Waals surface area contributed by atoms with E-state index in [1.807, 2.05) is 13.8 Å². The number of nitrogens with two attached hydrogens (primary N) is 1. The van der Waals surface area contributed by atoms with Crippen LogP contribution in [0.1, 0.15) is 20.3 Å². The Morgan fingerprint density at radius 2 is 2.00 bits per heavy atom. The number of nitrogens with one attached hydrogen (secondary N) is 1. The second kappa shape index (κ2) is 7.49. The van der Waals surface area contributed by atoms with Crippen LogP contribution in [0, 0.1) is 5.92 Å². The quantitative estimate of drug-likeness (QED) is 0.702. The summed E-state index contributed by atoms with van der Waals surface area (Å²) in [5.74, 6) is -0.772. The predicted octanol–water partition coefficient (Wildman–Crippen LogP) is 1.46. The van der Waals surface area contributed by atoms with E-state index in [0.717, 1.165) is 0 Å². The van der Waals surface area contributed by atoms with Gasteiger partial charge >= 0.3 is 5.97 Å². The van der Waals surface area contributed by atoms with Crippen LogP contribution in [0.25, 0.3) is 0 Å². The molecule has 1 aromatic rings. The van der Waals surface area contributed by atoms with Crippen molar-refractivity contribution < 1.29 is 19.4 Å². The first-order valence-electron chi connectivity index (χ1n) is 6.39. The Kier molecular flexibility index (Phi) is 5.99. The lowest BCUT2D eigenvalue weighted by molar-refractivity contribution is -0.139. The second-order valence-electron chi connectivity index (χ2n) is 4.84. The average molecular weight is 280 g/mol. The number of benzene rings is 1. The number of carboxylic acid groups (broad SMARTS) is 1. The third kappa shape index (κ3) is 5.27. The number of rotatable bonds is 7. The number of amides is 1. The summed E-state index contributed by atoms with van der Waals surface area (Å²) in [5.41, 5.74) is 6.28. The monoisotopic (exact) mass is 280 g/mol. The molecule has 0 fully saturated rings. The smallest absolute Gasteiger partial charge is 0.341 e. The highest BCUT2D eigenvalue weighted by molar-refractivity contribution is 5.92. The zero-order chi connectivity index (χ0) is 15.1. The molecule has 0 spiro atoms. The minimum absolute atomic E-state index is 0.199. The van der Waals surface area contributed by atoms with Crippen LogP contribution < -0.4 is 15.8 Å². The van der Waals surface area contributed by atoms with Crippen LogP contribution in [0.5, 0.6) is 5.75 Å². The molecule has 1 unspecified atom stereocenters. The summed E-state index contributed by atoms with van der Waals surface area (Å²) in [7, 11) is 0. The van der Waals surface area contributed by atoms with E-state index < -0.39 is 12.6 Å². The Labute approximate surface area is 117 Å². The van der Waals surface area contributed by atoms with Gasteiger partial charge in [-0.25, -0.2) is 4.79 Å². The molecule has 0 heterocycles. The summed E-state index contributed by atoms with van der Waals surface area (Å²) in [4.78, 5) is 22.4. The van der Waals surface area contributed by atoms with E-state index in [9.17, 15) is 9.59 Å². The topological polar surface area (TPSA) is 102 Å². The number of para-hydroxylation sites is 2.